The van der Waals surface area contributed by atoms with E-state index in [-0.39, 0.29) is 31.1 Å². The number of ether oxygens (including phenoxy) is 3. The normalized spacial score (nSPS) is 12.3. The van der Waals surface area contributed by atoms with Gasteiger partial charge in [-0.1, -0.05) is 268 Å². The summed E-state index contributed by atoms with van der Waals surface area (Å²) >= 11 is 0. The lowest BCUT2D eigenvalue weighted by Gasteiger charge is -2.18. The number of hydrogen-bond acceptors (Lipinski definition) is 6. The Balaban J connectivity index is 4.41. The molecule has 0 radical (unpaired) electrons. The Hall–Kier alpha value is -2.63. The number of allylic oxidation sites excluding steroid dienone is 8. The van der Waals surface area contributed by atoms with Crippen LogP contribution in [-0.4, -0.2) is 37.2 Å². The van der Waals surface area contributed by atoms with Gasteiger partial charge in [0.05, 0.1) is 0 Å². The molecule has 0 aromatic carbocycles. The first-order valence-electron chi connectivity index (χ1n) is 30.1. The topological polar surface area (TPSA) is 78.9 Å². The van der Waals surface area contributed by atoms with Gasteiger partial charge in [0.15, 0.2) is 6.10 Å². The largest absolute Gasteiger partial charge is 0.462 e. The van der Waals surface area contributed by atoms with Crippen LogP contribution in [-0.2, 0) is 28.6 Å². The van der Waals surface area contributed by atoms with Crippen molar-refractivity contribution >= 4 is 17.9 Å². The van der Waals surface area contributed by atoms with E-state index in [0.717, 1.165) is 57.8 Å². The van der Waals surface area contributed by atoms with Crippen LogP contribution in [0.2, 0.25) is 0 Å². The monoisotopic (exact) mass is 967 g/mol. The van der Waals surface area contributed by atoms with Crippen molar-refractivity contribution in [3.05, 3.63) is 48.6 Å². The number of carbonyl (C=O) groups excluding carboxylic acids is 3. The molecule has 0 aliphatic carbocycles. The number of carbonyl (C=O) groups is 3. The van der Waals surface area contributed by atoms with Crippen LogP contribution in [0, 0.1) is 0 Å². The quantitative estimate of drug-likeness (QED) is 0.0262. The van der Waals surface area contributed by atoms with Gasteiger partial charge in [-0.3, -0.25) is 14.4 Å². The van der Waals surface area contributed by atoms with E-state index < -0.39 is 6.10 Å². The summed E-state index contributed by atoms with van der Waals surface area (Å²) in [5.74, 6) is -0.926. The predicted octanol–water partition coefficient (Wildman–Crippen LogP) is 20.2. The molecule has 0 aromatic rings. The second-order valence-electron chi connectivity index (χ2n) is 20.3. The van der Waals surface area contributed by atoms with E-state index in [0.29, 0.717) is 25.7 Å². The lowest BCUT2D eigenvalue weighted by Crippen LogP contribution is -2.30. The maximum Gasteiger partial charge on any atom is 0.306 e. The molecule has 0 amide bonds. The Labute approximate surface area is 428 Å². The minimum Gasteiger partial charge on any atom is -0.462 e. The highest BCUT2D eigenvalue weighted by molar-refractivity contribution is 5.71. The van der Waals surface area contributed by atoms with Gasteiger partial charge in [-0.25, -0.2) is 0 Å². The van der Waals surface area contributed by atoms with Crippen molar-refractivity contribution in [1.82, 2.24) is 0 Å². The van der Waals surface area contributed by atoms with Gasteiger partial charge >= 0.3 is 17.9 Å². The molecule has 0 rings (SSSR count). The molecule has 6 nitrogen and oxygen atoms in total. The zero-order chi connectivity index (χ0) is 50.0. The third-order valence-electron chi connectivity index (χ3n) is 13.3. The third kappa shape index (κ3) is 56.2. The third-order valence-corrected chi connectivity index (χ3v) is 13.3. The van der Waals surface area contributed by atoms with E-state index in [1.54, 1.807) is 0 Å². The first kappa shape index (κ1) is 66.4. The highest BCUT2D eigenvalue weighted by atomic mass is 16.6. The average Bonchev–Trinajstić information content (AvgIpc) is 3.35. The van der Waals surface area contributed by atoms with Crippen LogP contribution < -0.4 is 0 Å². The Kier molecular flexibility index (Phi) is 55.7. The Morgan fingerprint density at radius 1 is 0.290 bits per heavy atom. The van der Waals surface area contributed by atoms with Crippen molar-refractivity contribution in [2.24, 2.45) is 0 Å². The summed E-state index contributed by atoms with van der Waals surface area (Å²) in [5, 5.41) is 0. The molecule has 6 heteroatoms. The molecule has 0 aromatic heterocycles. The van der Waals surface area contributed by atoms with Crippen molar-refractivity contribution in [2.75, 3.05) is 13.2 Å². The van der Waals surface area contributed by atoms with Crippen LogP contribution in [0.1, 0.15) is 316 Å². The molecule has 0 aliphatic heterocycles. The molecule has 1 atom stereocenters. The molecule has 0 bridgehead atoms. The summed E-state index contributed by atoms with van der Waals surface area (Å²) in [4.78, 5) is 38.2. The van der Waals surface area contributed by atoms with Gasteiger partial charge in [0, 0.05) is 19.3 Å². The highest BCUT2D eigenvalue weighted by Gasteiger charge is 2.19. The molecule has 0 saturated carbocycles. The van der Waals surface area contributed by atoms with Crippen molar-refractivity contribution in [1.29, 1.82) is 0 Å². The van der Waals surface area contributed by atoms with Crippen molar-refractivity contribution in [3.8, 4) is 0 Å². The second kappa shape index (κ2) is 57.9. The summed E-state index contributed by atoms with van der Waals surface area (Å²) in [7, 11) is 0. The average molecular weight is 968 g/mol. The summed E-state index contributed by atoms with van der Waals surface area (Å²) in [6.45, 7) is 6.63. The second-order valence-corrected chi connectivity index (χ2v) is 20.3. The van der Waals surface area contributed by atoms with Gasteiger partial charge in [0.2, 0.25) is 0 Å². The minimum atomic E-state index is -0.792. The van der Waals surface area contributed by atoms with Gasteiger partial charge in [-0.05, 0) is 77.0 Å². The zero-order valence-corrected chi connectivity index (χ0v) is 46.1. The van der Waals surface area contributed by atoms with E-state index in [4.69, 9.17) is 14.2 Å². The number of hydrogen-bond donors (Lipinski definition) is 0. The minimum absolute atomic E-state index is 0.0861. The smallest absolute Gasteiger partial charge is 0.306 e. The molecule has 0 N–H and O–H groups in total. The van der Waals surface area contributed by atoms with Crippen LogP contribution in [0.25, 0.3) is 0 Å². The number of rotatable bonds is 55. The van der Waals surface area contributed by atoms with Crippen LogP contribution in [0.5, 0.6) is 0 Å². The Morgan fingerprint density at radius 3 is 0.884 bits per heavy atom. The maximum atomic E-state index is 12.9. The fraction of sp³-hybridized carbons (Fsp3) is 0.825. The molecule has 0 spiro atoms. The van der Waals surface area contributed by atoms with Crippen molar-refractivity contribution in [2.45, 2.75) is 322 Å². The van der Waals surface area contributed by atoms with Gasteiger partial charge in [-0.15, -0.1) is 0 Å². The van der Waals surface area contributed by atoms with E-state index in [1.807, 2.05) is 0 Å². The van der Waals surface area contributed by atoms with Crippen molar-refractivity contribution < 1.29 is 28.6 Å². The molecule has 402 valence electrons. The maximum absolute atomic E-state index is 12.9. The summed E-state index contributed by atoms with van der Waals surface area (Å²) in [5.41, 5.74) is 0. The molecule has 0 unspecified atom stereocenters. The van der Waals surface area contributed by atoms with Gasteiger partial charge in [0.1, 0.15) is 13.2 Å². The highest BCUT2D eigenvalue weighted by Crippen LogP contribution is 2.16. The molecule has 0 saturated heterocycles. The first-order chi connectivity index (χ1) is 34.0. The molecule has 0 heterocycles. The molecular formula is C63H114O6. The predicted molar refractivity (Wildman–Crippen MR) is 298 cm³/mol. The lowest BCUT2D eigenvalue weighted by atomic mass is 10.0. The SMILES string of the molecule is CCCCCCCC/C=C\C/C=C\C/C=C\CCCC(=O)OC[C@H](COC(=O)CCCCCCCCCCCCCCCCC)OC(=O)CCCCCCCCCCC/C=C\CCCCCCCC. The van der Waals surface area contributed by atoms with Gasteiger partial charge in [0.25, 0.3) is 0 Å². The lowest BCUT2D eigenvalue weighted by molar-refractivity contribution is -0.167. The van der Waals surface area contributed by atoms with Crippen molar-refractivity contribution in [3.63, 3.8) is 0 Å². The van der Waals surface area contributed by atoms with Gasteiger partial charge < -0.3 is 14.2 Å². The van der Waals surface area contributed by atoms with Crippen LogP contribution in [0.4, 0.5) is 0 Å². The molecule has 0 fully saturated rings. The Bertz CT molecular complexity index is 1200. The fourth-order valence-corrected chi connectivity index (χ4v) is 8.75. The van der Waals surface area contributed by atoms with Gasteiger partial charge in [-0.2, -0.15) is 0 Å². The first-order valence-corrected chi connectivity index (χ1v) is 30.1. The number of unbranched alkanes of at least 4 members (excludes halogenated alkanes) is 36. The fourth-order valence-electron chi connectivity index (χ4n) is 8.75. The molecule has 0 aliphatic rings. The van der Waals surface area contributed by atoms with E-state index in [2.05, 4.69) is 69.4 Å². The standard InChI is InChI=1S/C63H114O6/c1-4-7-10-13-16-19-22-25-28-30-31-33-36-39-42-45-48-51-54-57-63(66)69-60(58-67-61(64)55-52-49-46-43-40-37-34-27-24-21-18-15-12-9-6-3)59-68-62(65)56-53-50-47-44-41-38-35-32-29-26-23-20-17-14-11-8-5-2/h25-26,28-29,35,38,44,47,60H,4-24,27,30-34,36-37,39-43,45-46,48-59H2,1-3H3/b28-25-,29-26-,38-35-,47-44-/t60-/m0/s1. The number of esters is 3. The van der Waals surface area contributed by atoms with E-state index in [9.17, 15) is 14.4 Å². The van der Waals surface area contributed by atoms with E-state index in [1.165, 1.54) is 212 Å². The Morgan fingerprint density at radius 2 is 0.536 bits per heavy atom. The zero-order valence-electron chi connectivity index (χ0n) is 46.1. The molecule has 69 heavy (non-hydrogen) atoms. The molecular weight excluding hydrogens is 853 g/mol. The van der Waals surface area contributed by atoms with E-state index >= 15 is 0 Å². The summed E-state index contributed by atoms with van der Waals surface area (Å²) < 4.78 is 16.9. The van der Waals surface area contributed by atoms with Crippen LogP contribution >= 0.6 is 0 Å². The van der Waals surface area contributed by atoms with Crippen LogP contribution in [0.3, 0.4) is 0 Å². The summed E-state index contributed by atoms with van der Waals surface area (Å²) in [6, 6.07) is 0. The summed E-state index contributed by atoms with van der Waals surface area (Å²) in [6.07, 6.45) is 71.1. The van der Waals surface area contributed by atoms with Crippen LogP contribution in [0.15, 0.2) is 48.6 Å².